The van der Waals surface area contributed by atoms with Gasteiger partial charge in [-0.15, -0.1) is 0 Å². The lowest BCUT2D eigenvalue weighted by Crippen LogP contribution is -2.48. The highest BCUT2D eigenvalue weighted by molar-refractivity contribution is 5.76. The van der Waals surface area contributed by atoms with E-state index in [-0.39, 0.29) is 35.6 Å². The van der Waals surface area contributed by atoms with E-state index in [1.54, 1.807) is 17.7 Å². The Kier molecular flexibility index (Phi) is 6.79. The first-order valence-electron chi connectivity index (χ1n) is 8.84. The lowest BCUT2D eigenvalue weighted by atomic mass is 10.2. The standard InChI is InChI=1S/C18H28N4O4/c1-13(2)19-18(25)12-22-11-17(26-4)16(24)9-15(22)10-20-5-7-21(8-6-20)14(3)23/h9,11,13H,5-8,10,12H2,1-4H3,(H,19,25). The molecule has 0 saturated carbocycles. The van der Waals surface area contributed by atoms with E-state index in [2.05, 4.69) is 10.2 Å². The molecule has 0 bridgehead atoms. The first-order valence-corrected chi connectivity index (χ1v) is 8.84. The number of piperazine rings is 1. The number of amides is 2. The van der Waals surface area contributed by atoms with Crippen molar-refractivity contribution in [1.29, 1.82) is 0 Å². The van der Waals surface area contributed by atoms with Crippen LogP contribution in [-0.2, 0) is 22.7 Å². The number of nitrogens with one attached hydrogen (secondary N) is 1. The van der Waals surface area contributed by atoms with Crippen molar-refractivity contribution in [3.8, 4) is 5.75 Å². The molecular weight excluding hydrogens is 336 g/mol. The average Bonchev–Trinajstić information content (AvgIpc) is 2.57. The number of hydrogen-bond donors (Lipinski definition) is 1. The predicted octanol–water partition coefficient (Wildman–Crippen LogP) is 0.0456. The fraction of sp³-hybridized carbons (Fsp3) is 0.611. The third-order valence-corrected chi connectivity index (χ3v) is 4.37. The number of pyridine rings is 1. The quantitative estimate of drug-likeness (QED) is 0.771. The van der Waals surface area contributed by atoms with E-state index >= 15 is 0 Å². The number of rotatable bonds is 6. The predicted molar refractivity (Wildman–Crippen MR) is 98.1 cm³/mol. The Bertz CT molecular complexity index is 706. The molecule has 26 heavy (non-hydrogen) atoms. The van der Waals surface area contributed by atoms with Gasteiger partial charge in [0.25, 0.3) is 0 Å². The van der Waals surface area contributed by atoms with E-state index in [9.17, 15) is 14.4 Å². The van der Waals surface area contributed by atoms with Crippen LogP contribution in [0.2, 0.25) is 0 Å². The van der Waals surface area contributed by atoms with E-state index in [1.807, 2.05) is 18.7 Å². The van der Waals surface area contributed by atoms with Gasteiger partial charge in [0.05, 0.1) is 13.3 Å². The normalized spacial score (nSPS) is 15.2. The average molecular weight is 364 g/mol. The smallest absolute Gasteiger partial charge is 0.240 e. The lowest BCUT2D eigenvalue weighted by molar-refractivity contribution is -0.130. The highest BCUT2D eigenvalue weighted by atomic mass is 16.5. The van der Waals surface area contributed by atoms with Crippen LogP contribution < -0.4 is 15.5 Å². The summed E-state index contributed by atoms with van der Waals surface area (Å²) in [6.45, 7) is 8.85. The first-order chi connectivity index (χ1) is 12.3. The third-order valence-electron chi connectivity index (χ3n) is 4.37. The van der Waals surface area contributed by atoms with Gasteiger partial charge in [-0.05, 0) is 13.8 Å². The van der Waals surface area contributed by atoms with Crippen molar-refractivity contribution in [2.75, 3.05) is 33.3 Å². The lowest BCUT2D eigenvalue weighted by Gasteiger charge is -2.34. The van der Waals surface area contributed by atoms with Crippen LogP contribution in [0.3, 0.4) is 0 Å². The van der Waals surface area contributed by atoms with Gasteiger partial charge in [-0.2, -0.15) is 0 Å². The molecule has 2 heterocycles. The van der Waals surface area contributed by atoms with Crippen LogP contribution in [0, 0.1) is 0 Å². The van der Waals surface area contributed by atoms with Gasteiger partial charge in [-0.1, -0.05) is 0 Å². The van der Waals surface area contributed by atoms with Crippen molar-refractivity contribution < 1.29 is 14.3 Å². The van der Waals surface area contributed by atoms with Crippen LogP contribution in [0.15, 0.2) is 17.1 Å². The van der Waals surface area contributed by atoms with E-state index < -0.39 is 0 Å². The van der Waals surface area contributed by atoms with Crippen LogP contribution in [0.1, 0.15) is 26.5 Å². The van der Waals surface area contributed by atoms with Crippen molar-refractivity contribution >= 4 is 11.8 Å². The van der Waals surface area contributed by atoms with Crippen molar-refractivity contribution in [3.05, 3.63) is 28.2 Å². The fourth-order valence-electron chi connectivity index (χ4n) is 3.00. The number of ether oxygens (including phenoxy) is 1. The summed E-state index contributed by atoms with van der Waals surface area (Å²) < 4.78 is 6.87. The van der Waals surface area contributed by atoms with Crippen LogP contribution in [0.25, 0.3) is 0 Å². The Balaban J connectivity index is 2.15. The first kappa shape index (κ1) is 20.0. The number of hydrogen-bond acceptors (Lipinski definition) is 5. The molecule has 1 aliphatic heterocycles. The molecule has 2 amide bonds. The molecule has 0 unspecified atom stereocenters. The molecule has 1 fully saturated rings. The van der Waals surface area contributed by atoms with E-state index in [0.29, 0.717) is 19.6 Å². The summed E-state index contributed by atoms with van der Waals surface area (Å²) in [5.41, 5.74) is 0.552. The zero-order chi connectivity index (χ0) is 19.3. The van der Waals surface area contributed by atoms with Crippen molar-refractivity contribution in [3.63, 3.8) is 0 Å². The van der Waals surface area contributed by atoms with Gasteiger partial charge < -0.3 is 19.5 Å². The van der Waals surface area contributed by atoms with Crippen molar-refractivity contribution in [2.24, 2.45) is 0 Å². The Morgan fingerprint density at radius 3 is 2.42 bits per heavy atom. The molecule has 1 aliphatic rings. The second-order valence-corrected chi connectivity index (χ2v) is 6.83. The summed E-state index contributed by atoms with van der Waals surface area (Å²) in [5.74, 6) is 0.178. The zero-order valence-corrected chi connectivity index (χ0v) is 15.9. The molecule has 1 aromatic rings. The summed E-state index contributed by atoms with van der Waals surface area (Å²) in [5, 5.41) is 2.86. The topological polar surface area (TPSA) is 83.9 Å². The highest BCUT2D eigenvalue weighted by Crippen LogP contribution is 2.12. The van der Waals surface area contributed by atoms with Crippen LogP contribution in [0.5, 0.6) is 5.75 Å². The number of carbonyl (C=O) groups excluding carboxylic acids is 2. The number of methoxy groups -OCH3 is 1. The molecule has 0 aromatic carbocycles. The number of carbonyl (C=O) groups is 2. The van der Waals surface area contributed by atoms with Gasteiger partial charge >= 0.3 is 0 Å². The van der Waals surface area contributed by atoms with Crippen LogP contribution in [0.4, 0.5) is 0 Å². The largest absolute Gasteiger partial charge is 0.491 e. The van der Waals surface area contributed by atoms with Gasteiger partial charge in [0.2, 0.25) is 17.2 Å². The minimum absolute atomic E-state index is 0.0480. The summed E-state index contributed by atoms with van der Waals surface area (Å²) in [7, 11) is 1.44. The summed E-state index contributed by atoms with van der Waals surface area (Å²) >= 11 is 0. The molecule has 144 valence electrons. The van der Waals surface area contributed by atoms with Gasteiger partial charge in [0, 0.05) is 57.4 Å². The van der Waals surface area contributed by atoms with E-state index in [0.717, 1.165) is 18.8 Å². The van der Waals surface area contributed by atoms with Crippen LogP contribution >= 0.6 is 0 Å². The molecule has 0 atom stereocenters. The van der Waals surface area contributed by atoms with Crippen molar-refractivity contribution in [2.45, 2.75) is 39.9 Å². The minimum atomic E-state index is -0.203. The van der Waals surface area contributed by atoms with Gasteiger partial charge in [0.1, 0.15) is 6.54 Å². The summed E-state index contributed by atoms with van der Waals surface area (Å²) in [4.78, 5) is 39.8. The second kappa shape index (κ2) is 8.84. The molecule has 1 aromatic heterocycles. The highest BCUT2D eigenvalue weighted by Gasteiger charge is 2.20. The maximum Gasteiger partial charge on any atom is 0.240 e. The summed E-state index contributed by atoms with van der Waals surface area (Å²) in [6.07, 6.45) is 1.59. The van der Waals surface area contributed by atoms with E-state index in [1.165, 1.54) is 13.2 Å². The fourth-order valence-corrected chi connectivity index (χ4v) is 3.00. The maximum atomic E-state index is 12.2. The second-order valence-electron chi connectivity index (χ2n) is 6.83. The number of aromatic nitrogens is 1. The maximum absolute atomic E-state index is 12.2. The molecule has 8 heteroatoms. The molecule has 1 N–H and O–H groups in total. The van der Waals surface area contributed by atoms with Crippen molar-refractivity contribution in [1.82, 2.24) is 19.7 Å². The van der Waals surface area contributed by atoms with Gasteiger partial charge in [-0.25, -0.2) is 0 Å². The van der Waals surface area contributed by atoms with Crippen LogP contribution in [-0.4, -0.2) is 65.5 Å². The van der Waals surface area contributed by atoms with Gasteiger partial charge in [0.15, 0.2) is 5.75 Å². The molecule has 8 nitrogen and oxygen atoms in total. The Morgan fingerprint density at radius 2 is 1.88 bits per heavy atom. The minimum Gasteiger partial charge on any atom is -0.491 e. The Labute approximate surface area is 153 Å². The molecule has 1 saturated heterocycles. The third kappa shape index (κ3) is 5.32. The zero-order valence-electron chi connectivity index (χ0n) is 15.9. The van der Waals surface area contributed by atoms with E-state index in [4.69, 9.17) is 4.74 Å². The Morgan fingerprint density at radius 1 is 1.23 bits per heavy atom. The molecular formula is C18H28N4O4. The van der Waals surface area contributed by atoms with Gasteiger partial charge in [-0.3, -0.25) is 19.3 Å². The summed E-state index contributed by atoms with van der Waals surface area (Å²) in [6, 6.07) is 1.57. The monoisotopic (exact) mass is 364 g/mol. The molecule has 0 aliphatic carbocycles. The SMILES string of the molecule is COc1cn(CC(=O)NC(C)C)c(CN2CCN(C(C)=O)CC2)cc1=O. The number of nitrogens with zero attached hydrogens (tertiary/aromatic N) is 3. The molecule has 2 rings (SSSR count). The Hall–Kier alpha value is -2.35. The molecule has 0 spiro atoms. The molecule has 0 radical (unpaired) electrons.